The monoisotopic (exact) mass is 370 g/mol. The van der Waals surface area contributed by atoms with Gasteiger partial charge in [0.1, 0.15) is 5.82 Å². The number of nitrogens with zero attached hydrogens (tertiary/aromatic N) is 1. The number of carbonyl (C=O) groups is 2. The summed E-state index contributed by atoms with van der Waals surface area (Å²) in [5.74, 6) is -0.918. The van der Waals surface area contributed by atoms with Gasteiger partial charge in [0.2, 0.25) is 0 Å². The summed E-state index contributed by atoms with van der Waals surface area (Å²) >= 11 is 3.11. The lowest BCUT2D eigenvalue weighted by Gasteiger charge is -2.33. The standard InChI is InChI=1S/C15H16BrFN2O3/c1-4-22-14(20)12-8(2)19(3)15(21)18-13(12)9-5-6-11(17)10(16)7-9/h5-7,13H,4H2,1-3H3,(H,18,21)/t13-/m1/s1. The first-order chi connectivity index (χ1) is 10.4. The number of esters is 1. The molecule has 0 saturated carbocycles. The van der Waals surface area contributed by atoms with Gasteiger partial charge in [-0.3, -0.25) is 0 Å². The number of hydrogen-bond donors (Lipinski definition) is 1. The summed E-state index contributed by atoms with van der Waals surface area (Å²) in [7, 11) is 1.57. The maximum absolute atomic E-state index is 13.4. The predicted molar refractivity (Wildman–Crippen MR) is 82.5 cm³/mol. The number of hydrogen-bond acceptors (Lipinski definition) is 3. The number of nitrogens with one attached hydrogen (secondary N) is 1. The zero-order valence-corrected chi connectivity index (χ0v) is 14.0. The van der Waals surface area contributed by atoms with Crippen LogP contribution in [-0.4, -0.2) is 30.6 Å². The first kappa shape index (κ1) is 16.5. The molecule has 1 N–H and O–H groups in total. The van der Waals surface area contributed by atoms with Crippen LogP contribution in [0.4, 0.5) is 9.18 Å². The molecule has 1 aliphatic heterocycles. The molecule has 1 heterocycles. The van der Waals surface area contributed by atoms with E-state index in [1.807, 2.05) is 0 Å². The number of benzene rings is 1. The van der Waals surface area contributed by atoms with E-state index in [1.54, 1.807) is 20.9 Å². The molecule has 1 aromatic rings. The third-order valence-corrected chi connectivity index (χ3v) is 4.13. The predicted octanol–water partition coefficient (Wildman–Crippen LogP) is 3.12. The molecule has 1 aromatic carbocycles. The lowest BCUT2D eigenvalue weighted by molar-refractivity contribution is -0.139. The van der Waals surface area contributed by atoms with Crippen molar-refractivity contribution in [3.05, 3.63) is 45.3 Å². The third kappa shape index (κ3) is 2.99. The second kappa shape index (κ2) is 6.48. The van der Waals surface area contributed by atoms with E-state index in [4.69, 9.17) is 4.74 Å². The van der Waals surface area contributed by atoms with Crippen LogP contribution in [0.25, 0.3) is 0 Å². The second-order valence-electron chi connectivity index (χ2n) is 4.83. The smallest absolute Gasteiger partial charge is 0.338 e. The van der Waals surface area contributed by atoms with Gasteiger partial charge in [-0.15, -0.1) is 0 Å². The Hall–Kier alpha value is -1.89. The van der Waals surface area contributed by atoms with Crippen LogP contribution in [0.1, 0.15) is 25.5 Å². The summed E-state index contributed by atoms with van der Waals surface area (Å²) in [5.41, 5.74) is 1.44. The van der Waals surface area contributed by atoms with Crippen LogP contribution in [-0.2, 0) is 9.53 Å². The van der Waals surface area contributed by atoms with E-state index in [0.29, 0.717) is 16.8 Å². The second-order valence-corrected chi connectivity index (χ2v) is 5.69. The highest BCUT2D eigenvalue weighted by molar-refractivity contribution is 9.10. The first-order valence-corrected chi connectivity index (χ1v) is 7.53. The Morgan fingerprint density at radius 3 is 2.77 bits per heavy atom. The maximum Gasteiger partial charge on any atom is 0.338 e. The lowest BCUT2D eigenvalue weighted by Crippen LogP contribution is -2.46. The molecule has 22 heavy (non-hydrogen) atoms. The summed E-state index contributed by atoms with van der Waals surface area (Å²) in [6.07, 6.45) is 0. The van der Waals surface area contributed by atoms with Crippen molar-refractivity contribution in [1.29, 1.82) is 0 Å². The largest absolute Gasteiger partial charge is 0.463 e. The van der Waals surface area contributed by atoms with Crippen LogP contribution >= 0.6 is 15.9 Å². The van der Waals surface area contributed by atoms with Crippen molar-refractivity contribution in [3.63, 3.8) is 0 Å². The number of rotatable bonds is 3. The number of allylic oxidation sites excluding steroid dienone is 1. The Morgan fingerprint density at radius 1 is 1.50 bits per heavy atom. The van der Waals surface area contributed by atoms with Gasteiger partial charge in [0, 0.05) is 12.7 Å². The van der Waals surface area contributed by atoms with E-state index in [0.717, 1.165) is 0 Å². The van der Waals surface area contributed by atoms with Gasteiger partial charge in [-0.25, -0.2) is 14.0 Å². The Balaban J connectivity index is 2.53. The number of halogens is 2. The molecule has 1 aliphatic rings. The summed E-state index contributed by atoms with van der Waals surface area (Å²) in [6, 6.07) is 3.33. The van der Waals surface area contributed by atoms with Gasteiger partial charge < -0.3 is 15.0 Å². The van der Waals surface area contributed by atoms with Gasteiger partial charge >= 0.3 is 12.0 Å². The third-order valence-electron chi connectivity index (χ3n) is 3.53. The van der Waals surface area contributed by atoms with Crippen molar-refractivity contribution in [2.24, 2.45) is 0 Å². The number of carbonyl (C=O) groups excluding carboxylic acids is 2. The first-order valence-electron chi connectivity index (χ1n) is 6.73. The summed E-state index contributed by atoms with van der Waals surface area (Å²) in [5, 5.41) is 2.73. The molecule has 0 aliphatic carbocycles. The van der Waals surface area contributed by atoms with Crippen LogP contribution in [0.5, 0.6) is 0 Å². The summed E-state index contributed by atoms with van der Waals surface area (Å²) < 4.78 is 18.8. The average Bonchev–Trinajstić information content (AvgIpc) is 2.47. The molecule has 5 nitrogen and oxygen atoms in total. The Morgan fingerprint density at radius 2 is 2.18 bits per heavy atom. The molecule has 0 unspecified atom stereocenters. The number of ether oxygens (including phenoxy) is 1. The van der Waals surface area contributed by atoms with Gasteiger partial charge in [-0.2, -0.15) is 0 Å². The van der Waals surface area contributed by atoms with Gasteiger partial charge in [0.15, 0.2) is 0 Å². The number of urea groups is 1. The topological polar surface area (TPSA) is 58.6 Å². The number of amides is 2. The molecule has 2 amide bonds. The highest BCUT2D eigenvalue weighted by Crippen LogP contribution is 2.32. The minimum atomic E-state index is -0.681. The van der Waals surface area contributed by atoms with Crippen molar-refractivity contribution in [2.75, 3.05) is 13.7 Å². The van der Waals surface area contributed by atoms with Crippen LogP contribution in [0, 0.1) is 5.82 Å². The SMILES string of the molecule is CCOC(=O)C1=C(C)N(C)C(=O)N[C@@H]1c1ccc(F)c(Br)c1. The van der Waals surface area contributed by atoms with E-state index < -0.39 is 17.8 Å². The molecule has 0 fully saturated rings. The molecular formula is C15H16BrFN2O3. The van der Waals surface area contributed by atoms with Crippen molar-refractivity contribution in [1.82, 2.24) is 10.2 Å². The van der Waals surface area contributed by atoms with Crippen LogP contribution in [0.3, 0.4) is 0 Å². The summed E-state index contributed by atoms with van der Waals surface area (Å²) in [6.45, 7) is 3.62. The van der Waals surface area contributed by atoms with Gasteiger partial charge in [-0.05, 0) is 47.5 Å². The quantitative estimate of drug-likeness (QED) is 0.831. The van der Waals surface area contributed by atoms with E-state index in [9.17, 15) is 14.0 Å². The fourth-order valence-electron chi connectivity index (χ4n) is 2.25. The molecule has 0 saturated heterocycles. The van der Waals surface area contributed by atoms with Gasteiger partial charge in [0.25, 0.3) is 0 Å². The molecule has 1 atom stereocenters. The zero-order valence-electron chi connectivity index (χ0n) is 12.4. The van der Waals surface area contributed by atoms with Gasteiger partial charge in [-0.1, -0.05) is 6.07 Å². The maximum atomic E-state index is 13.4. The van der Waals surface area contributed by atoms with Crippen LogP contribution in [0.2, 0.25) is 0 Å². The van der Waals surface area contributed by atoms with Gasteiger partial charge in [0.05, 0.1) is 22.7 Å². The molecule has 0 aromatic heterocycles. The Bertz CT molecular complexity index is 660. The summed E-state index contributed by atoms with van der Waals surface area (Å²) in [4.78, 5) is 25.6. The van der Waals surface area contributed by atoms with Crippen molar-refractivity contribution in [3.8, 4) is 0 Å². The lowest BCUT2D eigenvalue weighted by atomic mass is 9.95. The van der Waals surface area contributed by atoms with E-state index >= 15 is 0 Å². The highest BCUT2D eigenvalue weighted by atomic mass is 79.9. The fourth-order valence-corrected chi connectivity index (χ4v) is 2.65. The molecule has 0 bridgehead atoms. The van der Waals surface area contributed by atoms with E-state index in [-0.39, 0.29) is 17.1 Å². The van der Waals surface area contributed by atoms with E-state index in [1.165, 1.54) is 23.1 Å². The normalized spacial score (nSPS) is 18.3. The Kier molecular flexibility index (Phi) is 4.85. The minimum Gasteiger partial charge on any atom is -0.463 e. The van der Waals surface area contributed by atoms with Crippen molar-refractivity contribution < 1.29 is 18.7 Å². The van der Waals surface area contributed by atoms with E-state index in [2.05, 4.69) is 21.2 Å². The van der Waals surface area contributed by atoms with Crippen LogP contribution in [0.15, 0.2) is 33.9 Å². The zero-order chi connectivity index (χ0) is 16.4. The Labute approximate surface area is 136 Å². The van der Waals surface area contributed by atoms with Crippen LogP contribution < -0.4 is 5.32 Å². The molecular weight excluding hydrogens is 355 g/mol. The van der Waals surface area contributed by atoms with Crippen molar-refractivity contribution >= 4 is 27.9 Å². The average molecular weight is 371 g/mol. The minimum absolute atomic E-state index is 0.229. The van der Waals surface area contributed by atoms with Crippen molar-refractivity contribution in [2.45, 2.75) is 19.9 Å². The molecule has 2 rings (SSSR count). The molecule has 118 valence electrons. The molecule has 0 radical (unpaired) electrons. The highest BCUT2D eigenvalue weighted by Gasteiger charge is 2.35. The molecule has 0 spiro atoms. The molecule has 7 heteroatoms. The fraction of sp³-hybridized carbons (Fsp3) is 0.333.